The number of likely N-dealkylation sites (N-methyl/N-ethyl adjacent to an activating group) is 1. The highest BCUT2D eigenvalue weighted by Gasteiger charge is 2.17. The lowest BCUT2D eigenvalue weighted by molar-refractivity contribution is 0.510. The molecule has 0 radical (unpaired) electrons. The maximum Gasteiger partial charge on any atom is 0.0327 e. The van der Waals surface area contributed by atoms with Crippen molar-refractivity contribution >= 4 is 11.8 Å². The Balaban J connectivity index is 2.61. The number of nitrogens with zero attached hydrogens (tertiary/aromatic N) is 1. The van der Waals surface area contributed by atoms with Crippen LogP contribution in [0.4, 0.5) is 0 Å². The van der Waals surface area contributed by atoms with Gasteiger partial charge in [-0.3, -0.25) is 0 Å². The van der Waals surface area contributed by atoms with E-state index in [1.54, 1.807) is 4.91 Å². The van der Waals surface area contributed by atoms with Crippen molar-refractivity contribution in [3.63, 3.8) is 0 Å². The molecule has 0 aromatic heterocycles. The SMILES string of the molecule is C=CC/C(=C/C=C/N(C)C(=C)/C=C\C(C)C/C=C\C=C1/CSC(CCCC)=C1C)C(=C)C(C)(C)C. The van der Waals surface area contributed by atoms with E-state index in [1.165, 1.54) is 36.0 Å². The number of hydrogen-bond donors (Lipinski definition) is 0. The fourth-order valence-electron chi connectivity index (χ4n) is 3.59. The summed E-state index contributed by atoms with van der Waals surface area (Å²) in [5, 5.41) is 0. The first-order chi connectivity index (χ1) is 16.5. The quantitative estimate of drug-likeness (QED) is 0.176. The minimum atomic E-state index is 0.0467. The Morgan fingerprint density at radius 2 is 1.91 bits per heavy atom. The Morgan fingerprint density at radius 3 is 2.54 bits per heavy atom. The van der Waals surface area contributed by atoms with Gasteiger partial charge in [-0.25, -0.2) is 0 Å². The fraction of sp³-hybridized carbons (Fsp3) is 0.455. The van der Waals surface area contributed by atoms with Gasteiger partial charge in [-0.05, 0) is 83.3 Å². The van der Waals surface area contributed by atoms with E-state index in [9.17, 15) is 0 Å². The number of hydrogen-bond acceptors (Lipinski definition) is 2. The van der Waals surface area contributed by atoms with Gasteiger partial charge in [-0.1, -0.05) is 90.7 Å². The van der Waals surface area contributed by atoms with Crippen molar-refractivity contribution in [2.24, 2.45) is 11.3 Å². The molecule has 0 aliphatic carbocycles. The average molecular weight is 492 g/mol. The molecule has 1 aliphatic heterocycles. The van der Waals surface area contributed by atoms with Crippen LogP contribution in [0.1, 0.15) is 73.6 Å². The molecule has 0 bridgehead atoms. The van der Waals surface area contributed by atoms with Crippen molar-refractivity contribution in [2.45, 2.75) is 73.6 Å². The molecule has 0 fully saturated rings. The van der Waals surface area contributed by atoms with E-state index in [2.05, 4.69) is 104 Å². The standard InChI is InChI=1S/C33H49NS/c1-11-13-21-32-28(5)31(25-35-32)19-15-14-18-26(3)22-23-27(4)34(10)24-16-20-30(17-12-2)29(6)33(7,8)9/h12,14-16,19-20,22-24,26H,2,4,6,11,13,17-18,21,25H2,1,3,5,7-10H3/b15-14-,23-22-,24-16+,30-20-,31-19+. The lowest BCUT2D eigenvalue weighted by Gasteiger charge is -2.23. The minimum absolute atomic E-state index is 0.0467. The van der Waals surface area contributed by atoms with Gasteiger partial charge in [-0.2, -0.15) is 0 Å². The number of unbranched alkanes of at least 4 members (excludes halogenated alkanes) is 1. The van der Waals surface area contributed by atoms with Gasteiger partial charge in [0.05, 0.1) is 0 Å². The molecule has 1 atom stereocenters. The van der Waals surface area contributed by atoms with Crippen LogP contribution in [0.3, 0.4) is 0 Å². The Hall–Kier alpha value is -2.19. The van der Waals surface area contributed by atoms with Gasteiger partial charge in [0.15, 0.2) is 0 Å². The van der Waals surface area contributed by atoms with E-state index in [0.717, 1.165) is 29.9 Å². The molecule has 0 aromatic rings. The molecule has 0 N–H and O–H groups in total. The smallest absolute Gasteiger partial charge is 0.0327 e. The van der Waals surface area contributed by atoms with Gasteiger partial charge in [0, 0.05) is 24.7 Å². The monoisotopic (exact) mass is 491 g/mol. The molecule has 35 heavy (non-hydrogen) atoms. The lowest BCUT2D eigenvalue weighted by atomic mass is 9.82. The summed E-state index contributed by atoms with van der Waals surface area (Å²) in [6.07, 6.45) is 25.0. The van der Waals surface area contributed by atoms with Gasteiger partial charge in [0.2, 0.25) is 0 Å². The van der Waals surface area contributed by atoms with E-state index in [1.807, 2.05) is 36.0 Å². The van der Waals surface area contributed by atoms with Gasteiger partial charge < -0.3 is 4.90 Å². The highest BCUT2D eigenvalue weighted by atomic mass is 32.2. The molecule has 1 heterocycles. The Morgan fingerprint density at radius 1 is 1.20 bits per heavy atom. The Bertz CT molecular complexity index is 911. The third-order valence-electron chi connectivity index (χ3n) is 6.34. The van der Waals surface area contributed by atoms with Crippen molar-refractivity contribution in [1.82, 2.24) is 4.90 Å². The second-order valence-corrected chi connectivity index (χ2v) is 11.6. The number of thioether (sulfide) groups is 1. The zero-order chi connectivity index (χ0) is 26.4. The predicted molar refractivity (Wildman–Crippen MR) is 162 cm³/mol. The van der Waals surface area contributed by atoms with Crippen molar-refractivity contribution < 1.29 is 0 Å². The summed E-state index contributed by atoms with van der Waals surface area (Å²) in [7, 11) is 2.03. The zero-order valence-electron chi connectivity index (χ0n) is 23.5. The third kappa shape index (κ3) is 11.4. The highest BCUT2D eigenvalue weighted by Crippen LogP contribution is 2.38. The van der Waals surface area contributed by atoms with Crippen molar-refractivity contribution in [1.29, 1.82) is 0 Å². The molecule has 0 saturated carbocycles. The highest BCUT2D eigenvalue weighted by molar-refractivity contribution is 8.03. The lowest BCUT2D eigenvalue weighted by Crippen LogP contribution is -2.10. The maximum absolute atomic E-state index is 4.29. The Labute approximate surface area is 221 Å². The molecular weight excluding hydrogens is 442 g/mol. The first kappa shape index (κ1) is 30.8. The van der Waals surface area contributed by atoms with Crippen molar-refractivity contribution in [3.05, 3.63) is 107 Å². The van der Waals surface area contributed by atoms with E-state index in [4.69, 9.17) is 0 Å². The molecule has 0 saturated heterocycles. The normalized spacial score (nSPS) is 17.3. The first-order valence-corrected chi connectivity index (χ1v) is 14.0. The molecule has 0 aromatic carbocycles. The summed E-state index contributed by atoms with van der Waals surface area (Å²) in [5.74, 6) is 1.58. The van der Waals surface area contributed by atoms with Crippen LogP contribution in [0, 0.1) is 11.3 Å². The first-order valence-electron chi connectivity index (χ1n) is 13.0. The molecule has 0 spiro atoms. The molecule has 0 amide bonds. The molecule has 1 nitrogen and oxygen atoms in total. The summed E-state index contributed by atoms with van der Waals surface area (Å²) >= 11 is 2.02. The third-order valence-corrected chi connectivity index (χ3v) is 7.65. The molecule has 2 heteroatoms. The summed E-state index contributed by atoms with van der Waals surface area (Å²) in [5.41, 5.74) is 6.37. The fourth-order valence-corrected chi connectivity index (χ4v) is 4.87. The van der Waals surface area contributed by atoms with E-state index in [-0.39, 0.29) is 5.41 Å². The van der Waals surface area contributed by atoms with Crippen molar-refractivity contribution in [2.75, 3.05) is 12.8 Å². The van der Waals surface area contributed by atoms with Crippen LogP contribution in [0.25, 0.3) is 0 Å². The second kappa shape index (κ2) is 15.7. The molecule has 1 unspecified atom stereocenters. The predicted octanol–water partition coefficient (Wildman–Crippen LogP) is 10.3. The van der Waals surface area contributed by atoms with E-state index >= 15 is 0 Å². The van der Waals surface area contributed by atoms with Crippen molar-refractivity contribution in [3.8, 4) is 0 Å². The van der Waals surface area contributed by atoms with Crippen LogP contribution in [0.2, 0.25) is 0 Å². The topological polar surface area (TPSA) is 3.24 Å². The second-order valence-electron chi connectivity index (χ2n) is 10.5. The van der Waals surface area contributed by atoms with Gasteiger partial charge >= 0.3 is 0 Å². The van der Waals surface area contributed by atoms with Crippen LogP contribution >= 0.6 is 11.8 Å². The maximum atomic E-state index is 4.29. The van der Waals surface area contributed by atoms with Crippen LogP contribution in [0.15, 0.2) is 107 Å². The summed E-state index contributed by atoms with van der Waals surface area (Å²) in [4.78, 5) is 3.64. The van der Waals surface area contributed by atoms with Gasteiger partial charge in [0.1, 0.15) is 0 Å². The average Bonchev–Trinajstić information content (AvgIpc) is 3.16. The van der Waals surface area contributed by atoms with E-state index < -0.39 is 0 Å². The summed E-state index contributed by atoms with van der Waals surface area (Å²) in [6.45, 7) is 25.8. The molecule has 1 rings (SSSR count). The van der Waals surface area contributed by atoms with Gasteiger partial charge in [0.25, 0.3) is 0 Å². The summed E-state index contributed by atoms with van der Waals surface area (Å²) in [6, 6.07) is 0. The Kier molecular flexibility index (Phi) is 13.9. The minimum Gasteiger partial charge on any atom is -0.352 e. The van der Waals surface area contributed by atoms with Crippen LogP contribution in [-0.2, 0) is 0 Å². The molecular formula is C33H49NS. The largest absolute Gasteiger partial charge is 0.352 e. The molecule has 1 aliphatic rings. The van der Waals surface area contributed by atoms with Crippen LogP contribution in [-0.4, -0.2) is 17.7 Å². The molecule has 192 valence electrons. The summed E-state index contributed by atoms with van der Waals surface area (Å²) < 4.78 is 0. The number of allylic oxidation sites excluding steroid dienone is 12. The van der Waals surface area contributed by atoms with Crippen LogP contribution in [0.5, 0.6) is 0 Å². The van der Waals surface area contributed by atoms with Crippen LogP contribution < -0.4 is 0 Å². The van der Waals surface area contributed by atoms with E-state index in [0.29, 0.717) is 5.92 Å². The van der Waals surface area contributed by atoms with Gasteiger partial charge in [-0.15, -0.1) is 18.3 Å². The number of rotatable bonds is 14. The zero-order valence-corrected chi connectivity index (χ0v) is 24.3.